The number of carbonyl (C=O) groups is 1. The summed E-state index contributed by atoms with van der Waals surface area (Å²) < 4.78 is 5.68. The Balaban J connectivity index is 0.00000162. The molecule has 2 aliphatic rings. The fourth-order valence-corrected chi connectivity index (χ4v) is 2.80. The Kier molecular flexibility index (Phi) is 5.89. The number of ether oxygens (including phenoxy) is 1. The molecule has 2 aliphatic heterocycles. The molecule has 1 N–H and O–H groups in total. The minimum absolute atomic E-state index is 0. The second-order valence-corrected chi connectivity index (χ2v) is 5.66. The first-order chi connectivity index (χ1) is 8.12. The second kappa shape index (κ2) is 6.73. The van der Waals surface area contributed by atoms with E-state index < -0.39 is 0 Å². The van der Waals surface area contributed by atoms with Gasteiger partial charge >= 0.3 is 0 Å². The molecule has 0 aromatic carbocycles. The molecule has 0 saturated carbocycles. The summed E-state index contributed by atoms with van der Waals surface area (Å²) in [6, 6.07) is 0. The lowest BCUT2D eigenvalue weighted by Crippen LogP contribution is -2.45. The molecule has 5 heteroatoms. The van der Waals surface area contributed by atoms with Gasteiger partial charge in [0.2, 0.25) is 5.91 Å². The van der Waals surface area contributed by atoms with Crippen molar-refractivity contribution in [2.45, 2.75) is 38.7 Å². The molecule has 2 fully saturated rings. The third-order valence-electron chi connectivity index (χ3n) is 3.98. The van der Waals surface area contributed by atoms with Gasteiger partial charge in [0, 0.05) is 26.7 Å². The van der Waals surface area contributed by atoms with E-state index in [1.165, 1.54) is 6.42 Å². The maximum atomic E-state index is 12.4. The van der Waals surface area contributed by atoms with Crippen molar-refractivity contribution in [3.05, 3.63) is 0 Å². The molecule has 4 nitrogen and oxygen atoms in total. The van der Waals surface area contributed by atoms with E-state index in [0.29, 0.717) is 0 Å². The minimum atomic E-state index is -0.205. The van der Waals surface area contributed by atoms with E-state index >= 15 is 0 Å². The average Bonchev–Trinajstić information content (AvgIpc) is 2.78. The molecule has 1 amide bonds. The summed E-state index contributed by atoms with van der Waals surface area (Å²) in [5, 5.41) is 3.27. The topological polar surface area (TPSA) is 41.6 Å². The summed E-state index contributed by atoms with van der Waals surface area (Å²) in [5.41, 5.74) is -0.205. The van der Waals surface area contributed by atoms with Crippen LogP contribution in [0.2, 0.25) is 0 Å². The Bertz CT molecular complexity index is 274. The van der Waals surface area contributed by atoms with Gasteiger partial charge in [-0.1, -0.05) is 0 Å². The third kappa shape index (κ3) is 3.59. The number of nitrogens with zero attached hydrogens (tertiary/aromatic N) is 1. The van der Waals surface area contributed by atoms with Gasteiger partial charge in [0.05, 0.1) is 11.5 Å². The van der Waals surface area contributed by atoms with E-state index in [1.54, 1.807) is 0 Å². The molecule has 0 aromatic rings. The Morgan fingerprint density at radius 3 is 2.83 bits per heavy atom. The molecule has 106 valence electrons. The van der Waals surface area contributed by atoms with Gasteiger partial charge in [-0.2, -0.15) is 0 Å². The number of carbonyl (C=O) groups excluding carboxylic acids is 1. The molecule has 2 rings (SSSR count). The molecule has 0 spiro atoms. The SMILES string of the molecule is CN(CC1CCCCO1)C(=O)C1(C)CCNC1.Cl. The van der Waals surface area contributed by atoms with Crippen molar-refractivity contribution < 1.29 is 9.53 Å². The van der Waals surface area contributed by atoms with E-state index in [1.807, 2.05) is 11.9 Å². The fraction of sp³-hybridized carbons (Fsp3) is 0.923. The number of nitrogens with one attached hydrogen (secondary N) is 1. The first kappa shape index (κ1) is 15.7. The number of halogens is 1. The summed E-state index contributed by atoms with van der Waals surface area (Å²) in [5.74, 6) is 0.261. The molecule has 18 heavy (non-hydrogen) atoms. The van der Waals surface area contributed by atoms with Gasteiger partial charge in [-0.3, -0.25) is 4.79 Å². The lowest BCUT2D eigenvalue weighted by Gasteiger charge is -2.32. The summed E-state index contributed by atoms with van der Waals surface area (Å²) in [7, 11) is 1.91. The van der Waals surface area contributed by atoms with Crippen molar-refractivity contribution in [1.29, 1.82) is 0 Å². The van der Waals surface area contributed by atoms with Gasteiger partial charge in [-0.05, 0) is 39.2 Å². The van der Waals surface area contributed by atoms with Crippen LogP contribution in [0.15, 0.2) is 0 Å². The maximum absolute atomic E-state index is 12.4. The minimum Gasteiger partial charge on any atom is -0.376 e. The van der Waals surface area contributed by atoms with Crippen LogP contribution < -0.4 is 5.32 Å². The van der Waals surface area contributed by atoms with Gasteiger partial charge in [0.1, 0.15) is 0 Å². The number of likely N-dealkylation sites (N-methyl/N-ethyl adjacent to an activating group) is 1. The van der Waals surface area contributed by atoms with Gasteiger partial charge in [-0.15, -0.1) is 12.4 Å². The Hall–Kier alpha value is -0.320. The number of hydrogen-bond donors (Lipinski definition) is 1. The molecule has 2 saturated heterocycles. The molecular weight excluding hydrogens is 252 g/mol. The lowest BCUT2D eigenvalue weighted by molar-refractivity contribution is -0.141. The molecule has 0 aliphatic carbocycles. The van der Waals surface area contributed by atoms with Crippen molar-refractivity contribution in [3.63, 3.8) is 0 Å². The molecule has 0 radical (unpaired) electrons. The molecule has 2 atom stereocenters. The largest absolute Gasteiger partial charge is 0.376 e. The van der Waals surface area contributed by atoms with Crippen LogP contribution in [0.4, 0.5) is 0 Å². The Morgan fingerprint density at radius 2 is 2.28 bits per heavy atom. The highest BCUT2D eigenvalue weighted by Crippen LogP contribution is 2.27. The van der Waals surface area contributed by atoms with E-state index in [9.17, 15) is 4.79 Å². The van der Waals surface area contributed by atoms with Crippen LogP contribution in [0.3, 0.4) is 0 Å². The summed E-state index contributed by atoms with van der Waals surface area (Å²) >= 11 is 0. The molecule has 2 unspecified atom stereocenters. The lowest BCUT2D eigenvalue weighted by atomic mass is 9.88. The predicted octanol–water partition coefficient (Wildman–Crippen LogP) is 1.44. The molecular formula is C13H25ClN2O2. The van der Waals surface area contributed by atoms with Crippen LogP contribution in [0.1, 0.15) is 32.6 Å². The highest BCUT2D eigenvalue weighted by atomic mass is 35.5. The number of hydrogen-bond acceptors (Lipinski definition) is 3. The van der Waals surface area contributed by atoms with Gasteiger partial charge in [0.25, 0.3) is 0 Å². The van der Waals surface area contributed by atoms with Crippen molar-refractivity contribution in [2.75, 3.05) is 33.3 Å². The first-order valence-electron chi connectivity index (χ1n) is 6.70. The smallest absolute Gasteiger partial charge is 0.229 e. The Morgan fingerprint density at radius 1 is 1.50 bits per heavy atom. The van der Waals surface area contributed by atoms with Crippen LogP contribution in [-0.2, 0) is 9.53 Å². The van der Waals surface area contributed by atoms with Crippen molar-refractivity contribution >= 4 is 18.3 Å². The van der Waals surface area contributed by atoms with Crippen molar-refractivity contribution in [1.82, 2.24) is 10.2 Å². The van der Waals surface area contributed by atoms with Crippen LogP contribution in [0.25, 0.3) is 0 Å². The number of rotatable bonds is 3. The van der Waals surface area contributed by atoms with Gasteiger partial charge in [-0.25, -0.2) is 0 Å². The predicted molar refractivity (Wildman–Crippen MR) is 74.1 cm³/mol. The first-order valence-corrected chi connectivity index (χ1v) is 6.70. The van der Waals surface area contributed by atoms with Crippen molar-refractivity contribution in [2.24, 2.45) is 5.41 Å². The molecule has 2 heterocycles. The molecule has 0 aromatic heterocycles. The quantitative estimate of drug-likeness (QED) is 0.848. The Labute approximate surface area is 116 Å². The maximum Gasteiger partial charge on any atom is 0.229 e. The zero-order chi connectivity index (χ0) is 12.3. The van der Waals surface area contributed by atoms with Crippen molar-refractivity contribution in [3.8, 4) is 0 Å². The fourth-order valence-electron chi connectivity index (χ4n) is 2.80. The van der Waals surface area contributed by atoms with E-state index in [-0.39, 0.29) is 29.8 Å². The van der Waals surface area contributed by atoms with E-state index in [4.69, 9.17) is 4.74 Å². The second-order valence-electron chi connectivity index (χ2n) is 5.66. The van der Waals surface area contributed by atoms with Crippen LogP contribution in [0, 0.1) is 5.41 Å². The average molecular weight is 277 g/mol. The molecule has 0 bridgehead atoms. The van der Waals surface area contributed by atoms with E-state index in [0.717, 1.165) is 45.5 Å². The van der Waals surface area contributed by atoms with Crippen LogP contribution >= 0.6 is 12.4 Å². The van der Waals surface area contributed by atoms with Gasteiger partial charge < -0.3 is 15.0 Å². The monoisotopic (exact) mass is 276 g/mol. The highest BCUT2D eigenvalue weighted by molar-refractivity contribution is 5.85. The van der Waals surface area contributed by atoms with E-state index in [2.05, 4.69) is 12.2 Å². The number of amides is 1. The zero-order valence-electron chi connectivity index (χ0n) is 11.4. The standard InChI is InChI=1S/C13H24N2O2.ClH/c1-13(6-7-14-10-13)12(16)15(2)9-11-5-3-4-8-17-11;/h11,14H,3-10H2,1-2H3;1H. The highest BCUT2D eigenvalue weighted by Gasteiger charge is 2.38. The normalized spacial score (nSPS) is 31.8. The summed E-state index contributed by atoms with van der Waals surface area (Å²) in [4.78, 5) is 14.2. The van der Waals surface area contributed by atoms with Crippen LogP contribution in [-0.4, -0.2) is 50.2 Å². The third-order valence-corrected chi connectivity index (χ3v) is 3.98. The summed E-state index contributed by atoms with van der Waals surface area (Å²) in [6.07, 6.45) is 4.67. The van der Waals surface area contributed by atoms with Gasteiger partial charge in [0.15, 0.2) is 0 Å². The zero-order valence-corrected chi connectivity index (χ0v) is 12.2. The van der Waals surface area contributed by atoms with Crippen LogP contribution in [0.5, 0.6) is 0 Å². The summed E-state index contributed by atoms with van der Waals surface area (Å²) in [6.45, 7) is 5.42.